The average Bonchev–Trinajstić information content (AvgIpc) is 2.37. The Bertz CT molecular complexity index is 304. The molecule has 1 saturated heterocycles. The van der Waals surface area contributed by atoms with Crippen LogP contribution in [0.3, 0.4) is 0 Å². The molecule has 0 aromatic heterocycles. The van der Waals surface area contributed by atoms with Gasteiger partial charge >= 0.3 is 5.97 Å². The fraction of sp³-hybridized carbons (Fsp3) is 0.846. The van der Waals surface area contributed by atoms with Crippen molar-refractivity contribution in [1.82, 2.24) is 10.2 Å². The highest BCUT2D eigenvalue weighted by molar-refractivity contribution is 7.99. The molecule has 1 atom stereocenters. The predicted molar refractivity (Wildman–Crippen MR) is 77.2 cm³/mol. The molecular formula is C13H24N2O3S. The first-order valence-electron chi connectivity index (χ1n) is 6.80. The molecule has 1 unspecified atom stereocenters. The van der Waals surface area contributed by atoms with Crippen molar-refractivity contribution in [2.45, 2.75) is 39.3 Å². The Morgan fingerprint density at radius 2 is 2.21 bits per heavy atom. The molecule has 19 heavy (non-hydrogen) atoms. The quantitative estimate of drug-likeness (QED) is 0.735. The third-order valence-corrected chi connectivity index (χ3v) is 4.10. The molecule has 0 radical (unpaired) electrons. The molecule has 0 aromatic carbocycles. The minimum atomic E-state index is -0.337. The lowest BCUT2D eigenvalue weighted by Crippen LogP contribution is -2.46. The Kier molecular flexibility index (Phi) is 7.23. The lowest BCUT2D eigenvalue weighted by atomic mass is 10.2. The number of hydrogen-bond donors (Lipinski definition) is 1. The lowest BCUT2D eigenvalue weighted by molar-refractivity contribution is -0.150. The van der Waals surface area contributed by atoms with Gasteiger partial charge in [0.15, 0.2) is 0 Å². The smallest absolute Gasteiger partial charge is 0.325 e. The Morgan fingerprint density at radius 1 is 1.47 bits per heavy atom. The van der Waals surface area contributed by atoms with E-state index in [2.05, 4.69) is 5.32 Å². The van der Waals surface area contributed by atoms with E-state index in [-0.39, 0.29) is 30.5 Å². The van der Waals surface area contributed by atoms with Crippen LogP contribution in [0.25, 0.3) is 0 Å². The monoisotopic (exact) mass is 288 g/mol. The zero-order chi connectivity index (χ0) is 14.3. The number of esters is 1. The zero-order valence-corrected chi connectivity index (χ0v) is 12.8. The van der Waals surface area contributed by atoms with Crippen LogP contribution in [0.2, 0.25) is 0 Å². The maximum atomic E-state index is 12.3. The summed E-state index contributed by atoms with van der Waals surface area (Å²) in [5.74, 6) is 1.73. The minimum Gasteiger partial charge on any atom is -0.465 e. The lowest BCUT2D eigenvalue weighted by Gasteiger charge is -2.29. The van der Waals surface area contributed by atoms with Gasteiger partial charge in [0.05, 0.1) is 6.61 Å². The van der Waals surface area contributed by atoms with Gasteiger partial charge in [-0.1, -0.05) is 0 Å². The highest BCUT2D eigenvalue weighted by atomic mass is 32.2. The van der Waals surface area contributed by atoms with Crippen LogP contribution < -0.4 is 5.32 Å². The molecular weight excluding hydrogens is 264 g/mol. The topological polar surface area (TPSA) is 58.6 Å². The van der Waals surface area contributed by atoms with E-state index in [1.807, 2.05) is 25.6 Å². The average molecular weight is 288 g/mol. The molecule has 5 nitrogen and oxygen atoms in total. The summed E-state index contributed by atoms with van der Waals surface area (Å²) < 4.78 is 4.91. The molecule has 1 fully saturated rings. The number of carbonyl (C=O) groups excluding carboxylic acids is 2. The van der Waals surface area contributed by atoms with Gasteiger partial charge in [0.25, 0.3) is 0 Å². The van der Waals surface area contributed by atoms with Crippen molar-refractivity contribution in [1.29, 1.82) is 0 Å². The molecule has 1 heterocycles. The molecule has 0 bridgehead atoms. The highest BCUT2D eigenvalue weighted by Gasteiger charge is 2.24. The molecule has 1 rings (SSSR count). The summed E-state index contributed by atoms with van der Waals surface area (Å²) in [6.45, 7) is 6.94. The van der Waals surface area contributed by atoms with Crippen LogP contribution in [-0.4, -0.2) is 60.1 Å². The van der Waals surface area contributed by atoms with Crippen LogP contribution in [0.5, 0.6) is 0 Å². The van der Waals surface area contributed by atoms with Crippen molar-refractivity contribution in [3.8, 4) is 0 Å². The first kappa shape index (κ1) is 16.3. The van der Waals surface area contributed by atoms with Gasteiger partial charge in [0, 0.05) is 36.6 Å². The van der Waals surface area contributed by atoms with Crippen LogP contribution in [0.4, 0.5) is 0 Å². The van der Waals surface area contributed by atoms with Gasteiger partial charge in [-0.15, -0.1) is 0 Å². The number of nitrogens with zero attached hydrogens (tertiary/aromatic N) is 1. The van der Waals surface area contributed by atoms with Crippen molar-refractivity contribution in [2.75, 3.05) is 31.2 Å². The SMILES string of the molecule is CCOC(=O)CN(C(=O)CC1CSCCN1)C(C)C. The van der Waals surface area contributed by atoms with Crippen LogP contribution in [0.15, 0.2) is 0 Å². The van der Waals surface area contributed by atoms with E-state index in [0.717, 1.165) is 18.1 Å². The second-order valence-corrected chi connectivity index (χ2v) is 6.00. The van der Waals surface area contributed by atoms with Crippen LogP contribution in [-0.2, 0) is 14.3 Å². The molecule has 110 valence electrons. The predicted octanol–water partition coefficient (Wildman–Crippen LogP) is 0.882. The fourth-order valence-corrected chi connectivity index (χ4v) is 2.93. The maximum absolute atomic E-state index is 12.3. The number of thioether (sulfide) groups is 1. The van der Waals surface area contributed by atoms with E-state index >= 15 is 0 Å². The number of nitrogens with one attached hydrogen (secondary N) is 1. The zero-order valence-electron chi connectivity index (χ0n) is 12.0. The van der Waals surface area contributed by atoms with E-state index in [9.17, 15) is 9.59 Å². The van der Waals surface area contributed by atoms with Crippen LogP contribution in [0, 0.1) is 0 Å². The Morgan fingerprint density at radius 3 is 2.74 bits per heavy atom. The van der Waals surface area contributed by atoms with E-state index in [0.29, 0.717) is 13.0 Å². The summed E-state index contributed by atoms with van der Waals surface area (Å²) in [5, 5.41) is 3.34. The Hall–Kier alpha value is -0.750. The molecule has 6 heteroatoms. The first-order valence-corrected chi connectivity index (χ1v) is 7.96. The molecule has 0 spiro atoms. The van der Waals surface area contributed by atoms with Crippen LogP contribution >= 0.6 is 11.8 Å². The van der Waals surface area contributed by atoms with Crippen LogP contribution in [0.1, 0.15) is 27.2 Å². The van der Waals surface area contributed by atoms with Crippen molar-refractivity contribution in [3.63, 3.8) is 0 Å². The molecule has 1 amide bonds. The van der Waals surface area contributed by atoms with E-state index in [4.69, 9.17) is 4.74 Å². The third-order valence-electron chi connectivity index (χ3n) is 2.97. The van der Waals surface area contributed by atoms with Crippen molar-refractivity contribution >= 4 is 23.6 Å². The number of carbonyl (C=O) groups is 2. The largest absolute Gasteiger partial charge is 0.465 e. The Balaban J connectivity index is 2.49. The number of hydrogen-bond acceptors (Lipinski definition) is 5. The second kappa shape index (κ2) is 8.43. The second-order valence-electron chi connectivity index (χ2n) is 4.85. The molecule has 1 aliphatic heterocycles. The van der Waals surface area contributed by atoms with Crippen molar-refractivity contribution < 1.29 is 14.3 Å². The molecule has 1 N–H and O–H groups in total. The summed E-state index contributed by atoms with van der Waals surface area (Å²) in [4.78, 5) is 25.4. The van der Waals surface area contributed by atoms with Gasteiger partial charge in [0.1, 0.15) is 6.54 Å². The van der Waals surface area contributed by atoms with Gasteiger partial charge < -0.3 is 15.0 Å². The summed E-state index contributed by atoms with van der Waals surface area (Å²) in [6.07, 6.45) is 0.449. The summed E-state index contributed by atoms with van der Waals surface area (Å²) in [7, 11) is 0. The van der Waals surface area contributed by atoms with Gasteiger partial charge in [-0.3, -0.25) is 9.59 Å². The normalized spacial score (nSPS) is 19.3. The van der Waals surface area contributed by atoms with E-state index in [1.165, 1.54) is 0 Å². The first-order chi connectivity index (χ1) is 9.04. The molecule has 0 saturated carbocycles. The Labute approximate surface area is 119 Å². The number of amides is 1. The highest BCUT2D eigenvalue weighted by Crippen LogP contribution is 2.12. The maximum Gasteiger partial charge on any atom is 0.325 e. The third kappa shape index (κ3) is 5.82. The fourth-order valence-electron chi connectivity index (χ4n) is 1.98. The summed E-state index contributed by atoms with van der Waals surface area (Å²) in [6, 6.07) is 0.225. The number of ether oxygens (including phenoxy) is 1. The molecule has 1 aliphatic rings. The van der Waals surface area contributed by atoms with Gasteiger partial charge in [-0.2, -0.15) is 11.8 Å². The van der Waals surface area contributed by atoms with Gasteiger partial charge in [0.2, 0.25) is 5.91 Å². The minimum absolute atomic E-state index is 0.00755. The summed E-state index contributed by atoms with van der Waals surface area (Å²) >= 11 is 1.86. The molecule has 0 aliphatic carbocycles. The number of rotatable bonds is 6. The van der Waals surface area contributed by atoms with E-state index < -0.39 is 0 Å². The van der Waals surface area contributed by atoms with Crippen molar-refractivity contribution in [3.05, 3.63) is 0 Å². The summed E-state index contributed by atoms with van der Waals surface area (Å²) in [5.41, 5.74) is 0. The van der Waals surface area contributed by atoms with Crippen molar-refractivity contribution in [2.24, 2.45) is 0 Å². The van der Waals surface area contributed by atoms with Gasteiger partial charge in [-0.25, -0.2) is 0 Å². The standard InChI is InChI=1S/C13H24N2O3S/c1-4-18-13(17)8-15(10(2)3)12(16)7-11-9-19-6-5-14-11/h10-11,14H,4-9H2,1-3H3. The molecule has 0 aromatic rings. The van der Waals surface area contributed by atoms with Gasteiger partial charge in [-0.05, 0) is 20.8 Å². The van der Waals surface area contributed by atoms with E-state index in [1.54, 1.807) is 11.8 Å².